The maximum Gasteiger partial charge on any atom is 0.416 e. The van der Waals surface area contributed by atoms with E-state index in [0.717, 1.165) is 23.2 Å². The summed E-state index contributed by atoms with van der Waals surface area (Å²) in [5.41, 5.74) is 10.1. The number of anilines is 1. The van der Waals surface area contributed by atoms with Crippen molar-refractivity contribution in [1.82, 2.24) is 0 Å². The number of amides is 1. The van der Waals surface area contributed by atoms with Gasteiger partial charge in [0.1, 0.15) is 5.84 Å². The molecule has 29 heavy (non-hydrogen) atoms. The maximum atomic E-state index is 12.3. The van der Waals surface area contributed by atoms with Gasteiger partial charge in [0.2, 0.25) is 0 Å². The number of nitrogens with zero attached hydrogens (tertiary/aromatic N) is 2. The molecule has 0 saturated carbocycles. The highest BCUT2D eigenvalue weighted by Gasteiger charge is 2.31. The summed E-state index contributed by atoms with van der Waals surface area (Å²) in [6, 6.07) is 4.16. The molecule has 2 rings (SSSR count). The van der Waals surface area contributed by atoms with Gasteiger partial charge in [-0.1, -0.05) is 0 Å². The van der Waals surface area contributed by atoms with Crippen molar-refractivity contribution < 1.29 is 32.2 Å². The smallest absolute Gasteiger partial charge is 0.416 e. The van der Waals surface area contributed by atoms with Gasteiger partial charge < -0.3 is 20.9 Å². The zero-order chi connectivity index (χ0) is 21.3. The number of rotatable bonds is 5. The fourth-order valence-electron chi connectivity index (χ4n) is 1.95. The number of hydrogen-bond acceptors (Lipinski definition) is 7. The van der Waals surface area contributed by atoms with E-state index in [-0.39, 0.29) is 42.1 Å². The molecule has 162 valence electrons. The lowest BCUT2D eigenvalue weighted by Gasteiger charge is -2.12. The minimum absolute atomic E-state index is 0. The highest BCUT2D eigenvalue weighted by atomic mass is 35.5. The first-order valence-electron chi connectivity index (χ1n) is 8.18. The fourth-order valence-corrected chi connectivity index (χ4v) is 1.95. The second-order valence-corrected chi connectivity index (χ2v) is 5.25. The van der Waals surface area contributed by atoms with Crippen LogP contribution in [-0.2, 0) is 25.2 Å². The highest BCUT2D eigenvalue weighted by molar-refractivity contribution is 6.11. The lowest BCUT2D eigenvalue weighted by molar-refractivity contribution is -0.138. The van der Waals surface area contributed by atoms with Crippen molar-refractivity contribution in [1.29, 1.82) is 0 Å². The molecule has 4 N–H and O–H groups in total. The lowest BCUT2D eigenvalue weighted by atomic mass is 10.2. The zero-order valence-corrected chi connectivity index (χ0v) is 16.5. The van der Waals surface area contributed by atoms with E-state index in [1.165, 1.54) is 12.1 Å². The number of carbonyl (C=O) groups is 2. The van der Waals surface area contributed by atoms with Crippen molar-refractivity contribution in [2.75, 3.05) is 18.2 Å². The summed E-state index contributed by atoms with van der Waals surface area (Å²) in [4.78, 5) is 22.0. The van der Waals surface area contributed by atoms with Crippen LogP contribution in [0.15, 0.2) is 41.3 Å². The van der Waals surface area contributed by atoms with Gasteiger partial charge in [-0.3, -0.25) is 4.79 Å². The number of hydrogen-bond donors (Lipinski definition) is 2. The van der Waals surface area contributed by atoms with E-state index in [1.54, 1.807) is 13.8 Å². The Balaban J connectivity index is 0.000000576. The third-order valence-electron chi connectivity index (χ3n) is 3.09. The lowest BCUT2D eigenvalue weighted by Crippen LogP contribution is -2.19. The summed E-state index contributed by atoms with van der Waals surface area (Å²) in [6.45, 7) is 4.30. The number of nitrogens with two attached hydrogens (primary N) is 2. The van der Waals surface area contributed by atoms with Crippen LogP contribution < -0.4 is 16.5 Å². The van der Waals surface area contributed by atoms with Crippen LogP contribution in [-0.4, -0.2) is 30.9 Å². The number of halogens is 4. The van der Waals surface area contributed by atoms with Crippen molar-refractivity contribution in [3.05, 3.63) is 41.8 Å². The first-order chi connectivity index (χ1) is 13.1. The molecule has 1 amide bonds. The average molecular weight is 439 g/mol. The minimum Gasteiger partial charge on any atom is -0.479 e. The van der Waals surface area contributed by atoms with Gasteiger partial charge in [0.15, 0.2) is 5.88 Å². The number of ether oxygens (including phenoxy) is 2. The normalized spacial score (nSPS) is 13.7. The molecule has 0 unspecified atom stereocenters. The Labute approximate surface area is 171 Å². The second kappa shape index (κ2) is 11.8. The van der Waals surface area contributed by atoms with E-state index in [1.807, 2.05) is 0 Å². The molecule has 1 aliphatic rings. The molecule has 1 aromatic carbocycles. The Morgan fingerprint density at radius 3 is 2.17 bits per heavy atom. The molecule has 0 bridgehead atoms. The van der Waals surface area contributed by atoms with Crippen molar-refractivity contribution >= 4 is 35.8 Å². The van der Waals surface area contributed by atoms with E-state index in [2.05, 4.69) is 9.84 Å². The summed E-state index contributed by atoms with van der Waals surface area (Å²) >= 11 is 0. The predicted molar refractivity (Wildman–Crippen MR) is 103 cm³/mol. The monoisotopic (exact) mass is 438 g/mol. The average Bonchev–Trinajstić information content (AvgIpc) is 2.93. The number of benzene rings is 1. The molecule has 0 aromatic heterocycles. The van der Waals surface area contributed by atoms with Crippen LogP contribution in [0.1, 0.15) is 25.8 Å². The summed E-state index contributed by atoms with van der Waals surface area (Å²) in [7, 11) is 0. The molecule has 0 saturated heterocycles. The fraction of sp³-hybridized carbons (Fsp3) is 0.353. The molecule has 0 radical (unpaired) electrons. The molecular weight excluding hydrogens is 417 g/mol. The van der Waals surface area contributed by atoms with Crippen LogP contribution in [0.4, 0.5) is 18.9 Å². The van der Waals surface area contributed by atoms with E-state index < -0.39 is 17.7 Å². The number of hydrazone groups is 1. The third-order valence-corrected chi connectivity index (χ3v) is 3.09. The molecule has 1 heterocycles. The summed E-state index contributed by atoms with van der Waals surface area (Å²) in [5.74, 6) is -0.596. The molecule has 0 atom stereocenters. The molecule has 0 spiro atoms. The summed E-state index contributed by atoms with van der Waals surface area (Å²) in [5, 5.41) is 4.72. The number of alkyl halides is 3. The first-order valence-corrected chi connectivity index (χ1v) is 8.18. The Morgan fingerprint density at radius 2 is 1.76 bits per heavy atom. The predicted octanol–water partition coefficient (Wildman–Crippen LogP) is 2.52. The van der Waals surface area contributed by atoms with Gasteiger partial charge in [0.25, 0.3) is 5.91 Å². The summed E-state index contributed by atoms with van der Waals surface area (Å²) < 4.78 is 46.3. The number of amidine groups is 1. The largest absolute Gasteiger partial charge is 0.479 e. The summed E-state index contributed by atoms with van der Waals surface area (Å²) in [6.07, 6.45) is -3.29. The SMILES string of the molecule is CCOC(=O)C=C(N)OCC.Cl.NC1=NN(c2ccc(C(F)(F)F)cc2)C(=O)C1. The van der Waals surface area contributed by atoms with E-state index in [9.17, 15) is 22.8 Å². The van der Waals surface area contributed by atoms with Crippen LogP contribution in [0.25, 0.3) is 0 Å². The van der Waals surface area contributed by atoms with E-state index in [4.69, 9.17) is 16.2 Å². The van der Waals surface area contributed by atoms with Crippen LogP contribution in [0.5, 0.6) is 0 Å². The molecule has 0 fully saturated rings. The number of esters is 1. The van der Waals surface area contributed by atoms with Gasteiger partial charge in [-0.2, -0.15) is 23.3 Å². The van der Waals surface area contributed by atoms with Crippen LogP contribution in [0, 0.1) is 0 Å². The number of carbonyl (C=O) groups excluding carboxylic acids is 2. The molecule has 12 heteroatoms. The Bertz CT molecular complexity index is 752. The first kappa shape index (κ1) is 26.1. The van der Waals surface area contributed by atoms with Crippen molar-refractivity contribution in [3.8, 4) is 0 Å². The third kappa shape index (κ3) is 8.73. The van der Waals surface area contributed by atoms with Crippen LogP contribution >= 0.6 is 12.4 Å². The molecular formula is C17H22ClF3N4O4. The van der Waals surface area contributed by atoms with Gasteiger partial charge in [-0.15, -0.1) is 12.4 Å². The molecule has 8 nitrogen and oxygen atoms in total. The van der Waals surface area contributed by atoms with Crippen molar-refractivity contribution in [2.24, 2.45) is 16.6 Å². The quantitative estimate of drug-likeness (QED) is 0.414. The molecule has 1 aliphatic heterocycles. The van der Waals surface area contributed by atoms with Crippen molar-refractivity contribution in [2.45, 2.75) is 26.4 Å². The van der Waals surface area contributed by atoms with Gasteiger partial charge >= 0.3 is 12.1 Å². The molecule has 1 aromatic rings. The van der Waals surface area contributed by atoms with E-state index in [0.29, 0.717) is 13.2 Å². The maximum absolute atomic E-state index is 12.3. The topological polar surface area (TPSA) is 120 Å². The van der Waals surface area contributed by atoms with Gasteiger partial charge in [0, 0.05) is 0 Å². The van der Waals surface area contributed by atoms with Crippen LogP contribution in [0.3, 0.4) is 0 Å². The van der Waals surface area contributed by atoms with Gasteiger partial charge in [-0.25, -0.2) is 4.79 Å². The Kier molecular flexibility index (Phi) is 10.6. The highest BCUT2D eigenvalue weighted by Crippen LogP contribution is 2.31. The zero-order valence-electron chi connectivity index (χ0n) is 15.7. The van der Waals surface area contributed by atoms with E-state index >= 15 is 0 Å². The minimum atomic E-state index is -4.39. The van der Waals surface area contributed by atoms with Crippen LogP contribution in [0.2, 0.25) is 0 Å². The standard InChI is InChI=1S/C10H8F3N3O.C7H13NO3.ClH/c11-10(12,13)6-1-3-7(4-2-6)16-9(17)5-8(14)15-16;1-3-10-6(8)5-7(9)11-4-2;/h1-4H,5H2,(H2,14,15);5H,3-4,8H2,1-2H3;1H. The Morgan fingerprint density at radius 1 is 1.21 bits per heavy atom. The van der Waals surface area contributed by atoms with Gasteiger partial charge in [-0.05, 0) is 38.1 Å². The Hall–Kier alpha value is -2.95. The van der Waals surface area contributed by atoms with Crippen molar-refractivity contribution in [3.63, 3.8) is 0 Å². The second-order valence-electron chi connectivity index (χ2n) is 5.25. The molecule has 0 aliphatic carbocycles. The van der Waals surface area contributed by atoms with Gasteiger partial charge in [0.05, 0.1) is 37.0 Å².